The van der Waals surface area contributed by atoms with Crippen molar-refractivity contribution in [2.24, 2.45) is 0 Å². The first-order chi connectivity index (χ1) is 12.6. The summed E-state index contributed by atoms with van der Waals surface area (Å²) in [5, 5.41) is 2.23. The van der Waals surface area contributed by atoms with Gasteiger partial charge in [0.1, 0.15) is 0 Å². The molecule has 144 valence electrons. The van der Waals surface area contributed by atoms with Gasteiger partial charge in [0.05, 0.1) is 16.4 Å². The van der Waals surface area contributed by atoms with Crippen LogP contribution in [-0.2, 0) is 34.0 Å². The van der Waals surface area contributed by atoms with E-state index in [1.165, 1.54) is 18.2 Å². The van der Waals surface area contributed by atoms with E-state index in [2.05, 4.69) is 5.32 Å². The van der Waals surface area contributed by atoms with Crippen molar-refractivity contribution in [1.82, 2.24) is 5.32 Å². The zero-order valence-corrected chi connectivity index (χ0v) is 15.7. The maximum atomic E-state index is 14.0. The minimum atomic E-state index is -4.64. The quantitative estimate of drug-likeness (QED) is 0.818. The molecule has 1 N–H and O–H groups in total. The molecule has 27 heavy (non-hydrogen) atoms. The van der Waals surface area contributed by atoms with E-state index in [-0.39, 0.29) is 34.8 Å². The van der Waals surface area contributed by atoms with Crippen LogP contribution in [0.1, 0.15) is 37.7 Å². The van der Waals surface area contributed by atoms with Crippen molar-refractivity contribution in [1.29, 1.82) is 0 Å². The number of hydrogen-bond acceptors (Lipinski definition) is 4. The second-order valence-corrected chi connectivity index (χ2v) is 10.2. The van der Waals surface area contributed by atoms with Crippen LogP contribution in [0.2, 0.25) is 0 Å². The van der Waals surface area contributed by atoms with Crippen molar-refractivity contribution in [3.63, 3.8) is 0 Å². The van der Waals surface area contributed by atoms with Crippen LogP contribution in [-0.4, -0.2) is 26.3 Å². The van der Waals surface area contributed by atoms with E-state index in [0.29, 0.717) is 17.5 Å². The predicted molar refractivity (Wildman–Crippen MR) is 95.5 cm³/mol. The molecule has 2 heterocycles. The molecule has 1 aromatic heterocycles. The smallest absolute Gasteiger partial charge is 0.333 e. The third kappa shape index (κ3) is 3.06. The highest BCUT2D eigenvalue weighted by Gasteiger charge is 2.59. The summed E-state index contributed by atoms with van der Waals surface area (Å²) in [6, 6.07) is 7.68. The molecule has 1 atom stereocenters. The van der Waals surface area contributed by atoms with E-state index >= 15 is 0 Å². The van der Waals surface area contributed by atoms with Gasteiger partial charge in [0, 0.05) is 4.88 Å². The Kier molecular flexibility index (Phi) is 4.15. The van der Waals surface area contributed by atoms with E-state index in [9.17, 15) is 26.4 Å². The highest BCUT2D eigenvalue weighted by atomic mass is 32.2. The number of thiophene rings is 1. The second kappa shape index (κ2) is 6.07. The van der Waals surface area contributed by atoms with Gasteiger partial charge in [0.2, 0.25) is 0 Å². The SMILES string of the molecule is O=C(N[C@@]1(C(F)(F)F)CCc2ccccc21)c1cc2c(s1)CCS(=O)(=O)C2. The summed E-state index contributed by atoms with van der Waals surface area (Å²) in [5.41, 5.74) is -1.25. The van der Waals surface area contributed by atoms with Crippen LogP contribution in [0.15, 0.2) is 30.3 Å². The number of rotatable bonds is 2. The maximum Gasteiger partial charge on any atom is 0.415 e. The van der Waals surface area contributed by atoms with Crippen LogP contribution < -0.4 is 5.32 Å². The van der Waals surface area contributed by atoms with Gasteiger partial charge in [-0.3, -0.25) is 4.79 Å². The molecule has 0 bridgehead atoms. The van der Waals surface area contributed by atoms with Crippen LogP contribution in [0.5, 0.6) is 0 Å². The maximum absolute atomic E-state index is 14.0. The lowest BCUT2D eigenvalue weighted by atomic mass is 9.90. The molecule has 4 rings (SSSR count). The summed E-state index contributed by atoms with van der Waals surface area (Å²) in [6.45, 7) is 0. The molecule has 1 aliphatic carbocycles. The van der Waals surface area contributed by atoms with Crippen LogP contribution in [0, 0.1) is 0 Å². The average molecular weight is 415 g/mol. The third-order valence-corrected chi connectivity index (χ3v) is 8.01. The normalized spacial score (nSPS) is 23.5. The van der Waals surface area contributed by atoms with E-state index in [1.807, 2.05) is 0 Å². The number of fused-ring (bicyclic) bond motifs is 2. The van der Waals surface area contributed by atoms with Crippen LogP contribution in [0.25, 0.3) is 0 Å². The van der Waals surface area contributed by atoms with Gasteiger partial charge < -0.3 is 5.32 Å². The fourth-order valence-corrected chi connectivity index (χ4v) is 6.52. The molecule has 0 fully saturated rings. The molecule has 2 aliphatic rings. The minimum Gasteiger partial charge on any atom is -0.333 e. The van der Waals surface area contributed by atoms with Gasteiger partial charge in [0.15, 0.2) is 15.4 Å². The van der Waals surface area contributed by atoms with E-state index < -0.39 is 27.5 Å². The molecule has 9 heteroatoms. The third-order valence-electron chi connectivity index (χ3n) is 5.19. The van der Waals surface area contributed by atoms with E-state index in [0.717, 1.165) is 16.2 Å². The number of sulfone groups is 1. The molecule has 0 spiro atoms. The van der Waals surface area contributed by atoms with Crippen molar-refractivity contribution in [2.45, 2.75) is 36.7 Å². The largest absolute Gasteiger partial charge is 0.415 e. The minimum absolute atomic E-state index is 0.00142. The van der Waals surface area contributed by atoms with Gasteiger partial charge >= 0.3 is 6.18 Å². The molecule has 1 amide bonds. The molecule has 0 saturated heterocycles. The number of alkyl halides is 3. The number of hydrogen-bond donors (Lipinski definition) is 1. The van der Waals surface area contributed by atoms with Crippen molar-refractivity contribution in [2.75, 3.05) is 5.75 Å². The highest BCUT2D eigenvalue weighted by molar-refractivity contribution is 7.90. The lowest BCUT2D eigenvalue weighted by Gasteiger charge is -2.33. The van der Waals surface area contributed by atoms with Crippen LogP contribution in [0.4, 0.5) is 13.2 Å². The van der Waals surface area contributed by atoms with Gasteiger partial charge in [0.25, 0.3) is 5.91 Å². The molecule has 2 aromatic rings. The van der Waals surface area contributed by atoms with Gasteiger partial charge in [-0.05, 0) is 42.0 Å². The van der Waals surface area contributed by atoms with Crippen LogP contribution in [0.3, 0.4) is 0 Å². The molecule has 4 nitrogen and oxygen atoms in total. The predicted octanol–water partition coefficient (Wildman–Crippen LogP) is 3.35. The second-order valence-electron chi connectivity index (χ2n) is 6.92. The fraction of sp³-hybridized carbons (Fsp3) is 0.389. The number of amides is 1. The molecular formula is C18H16F3NO3S2. The first-order valence-electron chi connectivity index (χ1n) is 8.41. The van der Waals surface area contributed by atoms with E-state index in [4.69, 9.17) is 0 Å². The average Bonchev–Trinajstić information content (AvgIpc) is 3.16. The Morgan fingerprint density at radius 2 is 1.89 bits per heavy atom. The summed E-state index contributed by atoms with van der Waals surface area (Å²) in [5.74, 6) is -0.985. The molecule has 0 saturated carbocycles. The van der Waals surface area contributed by atoms with Crippen molar-refractivity contribution in [3.05, 3.63) is 56.8 Å². The Hall–Kier alpha value is -1.87. The van der Waals surface area contributed by atoms with Gasteiger partial charge in [-0.15, -0.1) is 11.3 Å². The Balaban J connectivity index is 1.68. The van der Waals surface area contributed by atoms with Crippen LogP contribution >= 0.6 is 11.3 Å². The van der Waals surface area contributed by atoms with Gasteiger partial charge in [-0.25, -0.2) is 8.42 Å². The Morgan fingerprint density at radius 3 is 2.63 bits per heavy atom. The van der Waals surface area contributed by atoms with Gasteiger partial charge in [-0.2, -0.15) is 13.2 Å². The summed E-state index contributed by atoms with van der Waals surface area (Å²) >= 11 is 1.07. The lowest BCUT2D eigenvalue weighted by Crippen LogP contribution is -2.54. The van der Waals surface area contributed by atoms with Crippen molar-refractivity contribution < 1.29 is 26.4 Å². The number of carbonyl (C=O) groups excluding carboxylic acids is 1. The lowest BCUT2D eigenvalue weighted by molar-refractivity contribution is -0.197. The molecule has 1 aromatic carbocycles. The first kappa shape index (κ1) is 18.5. The van der Waals surface area contributed by atoms with E-state index in [1.54, 1.807) is 12.1 Å². The van der Waals surface area contributed by atoms with Gasteiger partial charge in [-0.1, -0.05) is 24.3 Å². The Bertz CT molecular complexity index is 1030. The summed E-state index contributed by atoms with van der Waals surface area (Å²) in [6.07, 6.45) is -4.37. The number of aryl methyl sites for hydroxylation is 2. The topological polar surface area (TPSA) is 63.2 Å². The summed E-state index contributed by atoms with van der Waals surface area (Å²) in [7, 11) is -3.21. The molecule has 0 radical (unpaired) electrons. The van der Waals surface area contributed by atoms with Crippen molar-refractivity contribution in [3.8, 4) is 0 Å². The number of halogens is 3. The Morgan fingerprint density at radius 1 is 1.15 bits per heavy atom. The summed E-state index contributed by atoms with van der Waals surface area (Å²) < 4.78 is 65.5. The molecule has 1 aliphatic heterocycles. The summed E-state index contributed by atoms with van der Waals surface area (Å²) in [4.78, 5) is 13.6. The zero-order chi connectivity index (χ0) is 19.4. The molecular weight excluding hydrogens is 399 g/mol. The first-order valence-corrected chi connectivity index (χ1v) is 11.0. The highest BCUT2D eigenvalue weighted by Crippen LogP contribution is 2.48. The molecule has 0 unspecified atom stereocenters. The standard InChI is InChI=1S/C18H16F3NO3S2/c19-18(20,21)17(7-5-11-3-1-2-4-13(11)17)22-16(23)15-9-12-10-27(24,25)8-6-14(12)26-15/h1-4,9H,5-8,10H2,(H,22,23)/t17-/m0/s1. The fourth-order valence-electron chi connectivity index (χ4n) is 3.83. The number of benzene rings is 1. The monoisotopic (exact) mass is 415 g/mol. The number of nitrogens with one attached hydrogen (secondary N) is 1. The van der Waals surface area contributed by atoms with Crippen molar-refractivity contribution >= 4 is 27.1 Å². The zero-order valence-electron chi connectivity index (χ0n) is 14.1. The number of carbonyl (C=O) groups is 1. The Labute approximate surface area is 158 Å².